The van der Waals surface area contributed by atoms with E-state index in [4.69, 9.17) is 12.2 Å². The van der Waals surface area contributed by atoms with Gasteiger partial charge in [0.2, 0.25) is 0 Å². The van der Waals surface area contributed by atoms with Gasteiger partial charge in [0, 0.05) is 12.6 Å². The van der Waals surface area contributed by atoms with Gasteiger partial charge in [0.25, 0.3) is 0 Å². The summed E-state index contributed by atoms with van der Waals surface area (Å²) in [5, 5.41) is 6.30. The average molecular weight is 162 g/mol. The van der Waals surface area contributed by atoms with Crippen LogP contribution in [-0.4, -0.2) is 23.5 Å². The summed E-state index contributed by atoms with van der Waals surface area (Å²) >= 11 is 8.72. The summed E-state index contributed by atoms with van der Waals surface area (Å²) < 4.78 is 0.601. The van der Waals surface area contributed by atoms with Gasteiger partial charge >= 0.3 is 0 Å². The van der Waals surface area contributed by atoms with Crippen LogP contribution in [0.1, 0.15) is 6.42 Å². The van der Waals surface area contributed by atoms with Crippen LogP contribution in [0, 0.1) is 0 Å². The SMILES string of the molecule is S=C(S)NC1CCNC1. The summed E-state index contributed by atoms with van der Waals surface area (Å²) in [5.41, 5.74) is 0. The number of rotatable bonds is 1. The first kappa shape index (κ1) is 7.31. The minimum Gasteiger partial charge on any atom is -0.367 e. The Morgan fingerprint density at radius 3 is 3.00 bits per heavy atom. The van der Waals surface area contributed by atoms with Gasteiger partial charge in [0.05, 0.1) is 0 Å². The molecule has 1 aliphatic heterocycles. The second-order valence-corrected chi connectivity index (χ2v) is 3.30. The first-order valence-electron chi connectivity index (χ1n) is 2.99. The number of thiocarbonyl (C=S) groups is 1. The molecule has 0 aromatic carbocycles. The van der Waals surface area contributed by atoms with Crippen LogP contribution in [0.15, 0.2) is 0 Å². The molecule has 2 nitrogen and oxygen atoms in total. The molecule has 0 spiro atoms. The van der Waals surface area contributed by atoms with E-state index in [1.165, 1.54) is 0 Å². The first-order chi connectivity index (χ1) is 4.29. The average Bonchev–Trinajstić information content (AvgIpc) is 2.15. The van der Waals surface area contributed by atoms with Crippen molar-refractivity contribution in [2.24, 2.45) is 0 Å². The topological polar surface area (TPSA) is 24.1 Å². The van der Waals surface area contributed by atoms with Crippen molar-refractivity contribution in [2.75, 3.05) is 13.1 Å². The highest BCUT2D eigenvalue weighted by Gasteiger charge is 2.12. The van der Waals surface area contributed by atoms with Crippen molar-refractivity contribution >= 4 is 29.2 Å². The Bertz CT molecular complexity index is 110. The molecule has 1 unspecified atom stereocenters. The maximum atomic E-state index is 4.76. The normalized spacial score (nSPS) is 26.1. The molecule has 52 valence electrons. The highest BCUT2D eigenvalue weighted by Crippen LogP contribution is 1.97. The molecule has 4 heteroatoms. The molecule has 2 N–H and O–H groups in total. The van der Waals surface area contributed by atoms with Gasteiger partial charge in [-0.15, -0.1) is 12.6 Å². The molecule has 1 heterocycles. The van der Waals surface area contributed by atoms with Crippen LogP contribution in [0.4, 0.5) is 0 Å². The molecule has 0 aromatic heterocycles. The fourth-order valence-corrected chi connectivity index (χ4v) is 1.30. The number of thiol groups is 1. The van der Waals surface area contributed by atoms with Crippen LogP contribution in [0.5, 0.6) is 0 Å². The van der Waals surface area contributed by atoms with E-state index in [0.717, 1.165) is 19.5 Å². The summed E-state index contributed by atoms with van der Waals surface area (Å²) in [4.78, 5) is 0. The van der Waals surface area contributed by atoms with Gasteiger partial charge < -0.3 is 10.6 Å². The molecule has 1 atom stereocenters. The lowest BCUT2D eigenvalue weighted by Gasteiger charge is -2.08. The van der Waals surface area contributed by atoms with Gasteiger partial charge in [-0.2, -0.15) is 0 Å². The number of hydrogen-bond donors (Lipinski definition) is 3. The van der Waals surface area contributed by atoms with E-state index >= 15 is 0 Å². The highest BCUT2D eigenvalue weighted by molar-refractivity contribution is 8.11. The number of nitrogens with one attached hydrogen (secondary N) is 2. The molecule has 0 aromatic rings. The minimum absolute atomic E-state index is 0.509. The lowest BCUT2D eigenvalue weighted by atomic mass is 10.3. The molecule has 0 saturated carbocycles. The van der Waals surface area contributed by atoms with E-state index in [-0.39, 0.29) is 0 Å². The standard InChI is InChI=1S/C5H10N2S2/c8-5(9)7-4-1-2-6-3-4/h4,6H,1-3H2,(H2,7,8,9). The molecule has 1 aliphatic rings. The van der Waals surface area contributed by atoms with E-state index in [1.807, 2.05) is 0 Å². The van der Waals surface area contributed by atoms with Crippen LogP contribution in [0.2, 0.25) is 0 Å². The molecular weight excluding hydrogens is 152 g/mol. The second kappa shape index (κ2) is 3.39. The Morgan fingerprint density at radius 1 is 1.78 bits per heavy atom. The highest BCUT2D eigenvalue weighted by atomic mass is 32.1. The van der Waals surface area contributed by atoms with Crippen LogP contribution in [0.25, 0.3) is 0 Å². The third-order valence-corrected chi connectivity index (χ3v) is 1.63. The second-order valence-electron chi connectivity index (χ2n) is 2.14. The lowest BCUT2D eigenvalue weighted by molar-refractivity contribution is 0.673. The summed E-state index contributed by atoms with van der Waals surface area (Å²) in [6, 6.07) is 0.509. The van der Waals surface area contributed by atoms with Crippen LogP contribution >= 0.6 is 24.8 Å². The summed E-state index contributed by atoms with van der Waals surface area (Å²) in [5.74, 6) is 0. The Morgan fingerprint density at radius 2 is 2.56 bits per heavy atom. The van der Waals surface area contributed by atoms with Crippen molar-refractivity contribution in [1.82, 2.24) is 10.6 Å². The van der Waals surface area contributed by atoms with Crippen LogP contribution in [0.3, 0.4) is 0 Å². The Balaban J connectivity index is 2.19. The Labute approximate surface area is 65.8 Å². The number of hydrogen-bond acceptors (Lipinski definition) is 2. The zero-order chi connectivity index (χ0) is 6.69. The van der Waals surface area contributed by atoms with Gasteiger partial charge in [-0.05, 0) is 13.0 Å². The van der Waals surface area contributed by atoms with Gasteiger partial charge in [-0.1, -0.05) is 12.2 Å². The molecule has 1 saturated heterocycles. The fraction of sp³-hybridized carbons (Fsp3) is 0.800. The molecule has 0 amide bonds. The summed E-state index contributed by atoms with van der Waals surface area (Å²) in [6.45, 7) is 2.11. The predicted molar refractivity (Wildman–Crippen MR) is 46.0 cm³/mol. The van der Waals surface area contributed by atoms with Gasteiger partial charge in [-0.3, -0.25) is 0 Å². The molecule has 0 aliphatic carbocycles. The third-order valence-electron chi connectivity index (χ3n) is 1.39. The van der Waals surface area contributed by atoms with E-state index in [2.05, 4.69) is 23.3 Å². The third kappa shape index (κ3) is 2.51. The monoisotopic (exact) mass is 162 g/mol. The van der Waals surface area contributed by atoms with Gasteiger partial charge in [0.1, 0.15) is 4.32 Å². The molecule has 1 rings (SSSR count). The van der Waals surface area contributed by atoms with E-state index in [1.54, 1.807) is 0 Å². The van der Waals surface area contributed by atoms with Crippen molar-refractivity contribution in [3.05, 3.63) is 0 Å². The van der Waals surface area contributed by atoms with Gasteiger partial charge in [-0.25, -0.2) is 0 Å². The molecule has 0 bridgehead atoms. The molecule has 0 radical (unpaired) electrons. The van der Waals surface area contributed by atoms with Gasteiger partial charge in [0.15, 0.2) is 0 Å². The lowest BCUT2D eigenvalue weighted by Crippen LogP contribution is -2.32. The summed E-state index contributed by atoms with van der Waals surface area (Å²) in [7, 11) is 0. The van der Waals surface area contributed by atoms with E-state index in [0.29, 0.717) is 10.4 Å². The smallest absolute Gasteiger partial charge is 0.130 e. The minimum atomic E-state index is 0.509. The molecule has 9 heavy (non-hydrogen) atoms. The molecular formula is C5H10N2S2. The van der Waals surface area contributed by atoms with Crippen LogP contribution in [-0.2, 0) is 0 Å². The van der Waals surface area contributed by atoms with E-state index < -0.39 is 0 Å². The maximum Gasteiger partial charge on any atom is 0.130 e. The van der Waals surface area contributed by atoms with Crippen LogP contribution < -0.4 is 10.6 Å². The predicted octanol–water partition coefficient (Wildman–Crippen LogP) is 0.153. The first-order valence-corrected chi connectivity index (χ1v) is 3.85. The Kier molecular flexibility index (Phi) is 2.75. The zero-order valence-electron chi connectivity index (χ0n) is 5.05. The van der Waals surface area contributed by atoms with Crippen molar-refractivity contribution in [3.8, 4) is 0 Å². The summed E-state index contributed by atoms with van der Waals surface area (Å²) in [6.07, 6.45) is 1.15. The fourth-order valence-electron chi connectivity index (χ4n) is 0.952. The van der Waals surface area contributed by atoms with Crippen molar-refractivity contribution < 1.29 is 0 Å². The molecule has 1 fully saturated rings. The van der Waals surface area contributed by atoms with Crippen molar-refractivity contribution in [1.29, 1.82) is 0 Å². The Hall–Kier alpha value is 0.200. The quantitative estimate of drug-likeness (QED) is 0.378. The van der Waals surface area contributed by atoms with Crippen molar-refractivity contribution in [2.45, 2.75) is 12.5 Å². The van der Waals surface area contributed by atoms with Crippen molar-refractivity contribution in [3.63, 3.8) is 0 Å². The zero-order valence-corrected chi connectivity index (χ0v) is 6.77. The van der Waals surface area contributed by atoms with E-state index in [9.17, 15) is 0 Å². The largest absolute Gasteiger partial charge is 0.367 e. The maximum absolute atomic E-state index is 4.76.